The first-order valence-electron chi connectivity index (χ1n) is 6.16. The zero-order chi connectivity index (χ0) is 13.9. The highest BCUT2D eigenvalue weighted by Gasteiger charge is 2.39. The van der Waals surface area contributed by atoms with Crippen molar-refractivity contribution < 1.29 is 9.59 Å². The largest absolute Gasteiger partial charge is 0.351 e. The lowest BCUT2D eigenvalue weighted by Gasteiger charge is -2.30. The van der Waals surface area contributed by atoms with Crippen molar-refractivity contribution in [3.63, 3.8) is 0 Å². The standard InChI is InChI=1S/C12H23N3O2S/c1-8(5-13)14-10(16)9-6-18-7-15(9)11(17)12(2,3)4/h8-9H,5-7,13H2,1-4H3,(H,14,16)/t8-,9?/m0/s1. The van der Waals surface area contributed by atoms with Crippen LogP contribution in [0.4, 0.5) is 0 Å². The Morgan fingerprint density at radius 2 is 2.11 bits per heavy atom. The predicted octanol–water partition coefficient (Wildman–Crippen LogP) is 0.397. The van der Waals surface area contributed by atoms with Crippen LogP contribution < -0.4 is 11.1 Å². The number of nitrogens with one attached hydrogen (secondary N) is 1. The summed E-state index contributed by atoms with van der Waals surface area (Å²) in [7, 11) is 0. The normalized spacial score (nSPS) is 21.8. The number of carbonyl (C=O) groups is 2. The van der Waals surface area contributed by atoms with E-state index in [-0.39, 0.29) is 23.9 Å². The van der Waals surface area contributed by atoms with Gasteiger partial charge in [0.05, 0.1) is 5.88 Å². The zero-order valence-corrected chi connectivity index (χ0v) is 12.3. The summed E-state index contributed by atoms with van der Waals surface area (Å²) < 4.78 is 0. The molecular weight excluding hydrogens is 250 g/mol. The van der Waals surface area contributed by atoms with Gasteiger partial charge in [0.15, 0.2) is 0 Å². The molecule has 1 aliphatic heterocycles. The van der Waals surface area contributed by atoms with Crippen LogP contribution >= 0.6 is 11.8 Å². The van der Waals surface area contributed by atoms with E-state index in [4.69, 9.17) is 5.73 Å². The van der Waals surface area contributed by atoms with Crippen LogP contribution in [0.25, 0.3) is 0 Å². The molecule has 0 radical (unpaired) electrons. The Balaban J connectivity index is 2.71. The van der Waals surface area contributed by atoms with Gasteiger partial charge in [0.1, 0.15) is 6.04 Å². The molecule has 2 amide bonds. The SMILES string of the molecule is C[C@@H](CN)NC(=O)C1CSCN1C(=O)C(C)(C)C. The van der Waals surface area contributed by atoms with Gasteiger partial charge in [0, 0.05) is 23.8 Å². The monoisotopic (exact) mass is 273 g/mol. The van der Waals surface area contributed by atoms with Gasteiger partial charge in [-0.25, -0.2) is 0 Å². The average Bonchev–Trinajstić information content (AvgIpc) is 2.75. The number of amides is 2. The molecule has 0 spiro atoms. The van der Waals surface area contributed by atoms with Gasteiger partial charge in [-0.3, -0.25) is 9.59 Å². The molecule has 1 aliphatic rings. The van der Waals surface area contributed by atoms with E-state index in [0.717, 1.165) is 0 Å². The van der Waals surface area contributed by atoms with Gasteiger partial charge in [-0.1, -0.05) is 20.8 Å². The van der Waals surface area contributed by atoms with Crippen molar-refractivity contribution in [1.82, 2.24) is 10.2 Å². The molecule has 6 heteroatoms. The van der Waals surface area contributed by atoms with E-state index < -0.39 is 5.41 Å². The van der Waals surface area contributed by atoms with Gasteiger partial charge in [0.25, 0.3) is 0 Å². The number of nitrogens with two attached hydrogens (primary N) is 1. The second-order valence-corrected chi connectivity index (χ2v) is 6.69. The maximum atomic E-state index is 12.2. The Kier molecular flexibility index (Phi) is 5.04. The molecule has 0 aliphatic carbocycles. The molecule has 3 N–H and O–H groups in total. The van der Waals surface area contributed by atoms with Crippen molar-refractivity contribution in [3.8, 4) is 0 Å². The van der Waals surface area contributed by atoms with Crippen LogP contribution in [0.2, 0.25) is 0 Å². The first-order valence-corrected chi connectivity index (χ1v) is 7.32. The fourth-order valence-corrected chi connectivity index (χ4v) is 2.84. The Labute approximate surface area is 113 Å². The molecule has 0 aromatic heterocycles. The first kappa shape index (κ1) is 15.3. The average molecular weight is 273 g/mol. The third kappa shape index (κ3) is 3.62. The van der Waals surface area contributed by atoms with Crippen molar-refractivity contribution in [3.05, 3.63) is 0 Å². The van der Waals surface area contributed by atoms with E-state index in [2.05, 4.69) is 5.32 Å². The van der Waals surface area contributed by atoms with Crippen LogP contribution in [-0.2, 0) is 9.59 Å². The van der Waals surface area contributed by atoms with Crippen LogP contribution in [0.3, 0.4) is 0 Å². The topological polar surface area (TPSA) is 75.4 Å². The summed E-state index contributed by atoms with van der Waals surface area (Å²) >= 11 is 1.61. The minimum absolute atomic E-state index is 0.0213. The molecule has 0 aromatic carbocycles. The number of nitrogens with zero attached hydrogens (tertiary/aromatic N) is 1. The van der Waals surface area contributed by atoms with Crippen LogP contribution in [-0.4, -0.2) is 47.0 Å². The number of rotatable bonds is 3. The molecule has 5 nitrogen and oxygen atoms in total. The molecule has 1 unspecified atom stereocenters. The maximum Gasteiger partial charge on any atom is 0.243 e. The molecule has 104 valence electrons. The summed E-state index contributed by atoms with van der Waals surface area (Å²) in [5.74, 6) is 1.17. The van der Waals surface area contributed by atoms with Crippen LogP contribution in [0, 0.1) is 5.41 Å². The van der Waals surface area contributed by atoms with Gasteiger partial charge in [-0.2, -0.15) is 0 Å². The Morgan fingerprint density at radius 1 is 1.50 bits per heavy atom. The highest BCUT2D eigenvalue weighted by atomic mass is 32.2. The van der Waals surface area contributed by atoms with Crippen LogP contribution in [0.1, 0.15) is 27.7 Å². The second kappa shape index (κ2) is 5.93. The molecule has 0 aromatic rings. The molecule has 2 atom stereocenters. The third-order valence-corrected chi connectivity index (χ3v) is 3.84. The smallest absolute Gasteiger partial charge is 0.243 e. The summed E-state index contributed by atoms with van der Waals surface area (Å²) in [5, 5.41) is 2.84. The van der Waals surface area contributed by atoms with Crippen molar-refractivity contribution in [2.75, 3.05) is 18.2 Å². The van der Waals surface area contributed by atoms with Gasteiger partial charge < -0.3 is 16.0 Å². The highest BCUT2D eigenvalue weighted by molar-refractivity contribution is 7.99. The van der Waals surface area contributed by atoms with Gasteiger partial charge in [-0.05, 0) is 6.92 Å². The number of hydrogen-bond donors (Lipinski definition) is 2. The first-order chi connectivity index (χ1) is 8.27. The second-order valence-electron chi connectivity index (χ2n) is 5.69. The molecular formula is C12H23N3O2S. The van der Waals surface area contributed by atoms with E-state index in [1.165, 1.54) is 0 Å². The van der Waals surface area contributed by atoms with E-state index in [0.29, 0.717) is 18.2 Å². The van der Waals surface area contributed by atoms with Crippen molar-refractivity contribution in [2.45, 2.75) is 39.8 Å². The molecule has 1 heterocycles. The highest BCUT2D eigenvalue weighted by Crippen LogP contribution is 2.27. The van der Waals surface area contributed by atoms with Gasteiger partial charge >= 0.3 is 0 Å². The fourth-order valence-electron chi connectivity index (χ4n) is 1.69. The lowest BCUT2D eigenvalue weighted by Crippen LogP contribution is -2.52. The quantitative estimate of drug-likeness (QED) is 0.780. The summed E-state index contributed by atoms with van der Waals surface area (Å²) in [5.41, 5.74) is 5.03. The molecule has 0 bridgehead atoms. The summed E-state index contributed by atoms with van der Waals surface area (Å²) in [6.45, 7) is 7.87. The summed E-state index contributed by atoms with van der Waals surface area (Å²) in [6, 6.07) is -0.426. The fraction of sp³-hybridized carbons (Fsp3) is 0.833. The Bertz CT molecular complexity index is 328. The van der Waals surface area contributed by atoms with Crippen molar-refractivity contribution in [1.29, 1.82) is 0 Å². The maximum absolute atomic E-state index is 12.2. The minimum atomic E-state index is -0.455. The van der Waals surface area contributed by atoms with Crippen LogP contribution in [0.5, 0.6) is 0 Å². The molecule has 0 saturated carbocycles. The van der Waals surface area contributed by atoms with Gasteiger partial charge in [-0.15, -0.1) is 11.8 Å². The van der Waals surface area contributed by atoms with Crippen molar-refractivity contribution >= 4 is 23.6 Å². The van der Waals surface area contributed by atoms with E-state index >= 15 is 0 Å². The summed E-state index contributed by atoms with van der Waals surface area (Å²) in [6.07, 6.45) is 0. The number of hydrogen-bond acceptors (Lipinski definition) is 4. The Morgan fingerprint density at radius 3 is 2.61 bits per heavy atom. The van der Waals surface area contributed by atoms with Gasteiger partial charge in [0.2, 0.25) is 11.8 Å². The van der Waals surface area contributed by atoms with E-state index in [1.54, 1.807) is 16.7 Å². The predicted molar refractivity (Wildman–Crippen MR) is 74.1 cm³/mol. The number of thioether (sulfide) groups is 1. The van der Waals surface area contributed by atoms with Crippen LogP contribution in [0.15, 0.2) is 0 Å². The molecule has 1 fully saturated rings. The Hall–Kier alpha value is -0.750. The minimum Gasteiger partial charge on any atom is -0.351 e. The molecule has 1 rings (SSSR count). The molecule has 1 saturated heterocycles. The number of carbonyl (C=O) groups excluding carboxylic acids is 2. The van der Waals surface area contributed by atoms with E-state index in [9.17, 15) is 9.59 Å². The lowest BCUT2D eigenvalue weighted by atomic mass is 9.94. The molecule has 18 heavy (non-hydrogen) atoms. The third-order valence-electron chi connectivity index (χ3n) is 2.83. The lowest BCUT2D eigenvalue weighted by molar-refractivity contribution is -0.144. The van der Waals surface area contributed by atoms with E-state index in [1.807, 2.05) is 27.7 Å². The summed E-state index contributed by atoms with van der Waals surface area (Å²) in [4.78, 5) is 26.0. The van der Waals surface area contributed by atoms with Crippen molar-refractivity contribution in [2.24, 2.45) is 11.1 Å². The zero-order valence-electron chi connectivity index (χ0n) is 11.5.